The van der Waals surface area contributed by atoms with Crippen LogP contribution in [0.1, 0.15) is 19.3 Å². The van der Waals surface area contributed by atoms with Crippen LogP contribution in [-0.4, -0.2) is 97.6 Å². The molecular weight excluding hydrogens is 483 g/mol. The van der Waals surface area contributed by atoms with E-state index in [1.807, 2.05) is 17.0 Å². The Morgan fingerprint density at radius 3 is 2.55 bits per heavy atom. The lowest BCUT2D eigenvalue weighted by atomic mass is 10.1. The molecule has 3 rings (SSSR count). The fourth-order valence-corrected chi connectivity index (χ4v) is 3.65. The molecule has 0 aromatic carbocycles. The Hall–Kier alpha value is -1.62. The maximum Gasteiger partial charge on any atom is 0.236 e. The summed E-state index contributed by atoms with van der Waals surface area (Å²) in [5.41, 5.74) is 0. The topological polar surface area (TPSA) is 73.3 Å². The highest BCUT2D eigenvalue weighted by Gasteiger charge is 2.23. The Labute approximate surface area is 190 Å². The van der Waals surface area contributed by atoms with Gasteiger partial charge in [-0.3, -0.25) is 19.7 Å². The van der Waals surface area contributed by atoms with Crippen LogP contribution in [0.3, 0.4) is 0 Å². The first-order valence-corrected chi connectivity index (χ1v) is 10.2. The van der Waals surface area contributed by atoms with Gasteiger partial charge in [0.05, 0.1) is 19.3 Å². The standard InChI is InChI=1S/C20H32N6O2.HI/c1-21-20(23-8-15-28-18-6-5-7-22-16-18)26-13-11-24(12-14-26)17-19(27)25-9-3-2-4-10-25;/h5-7,16H,2-4,8-15,17H2,1H3,(H,21,23);1H. The highest BCUT2D eigenvalue weighted by molar-refractivity contribution is 14.0. The van der Waals surface area contributed by atoms with Crippen molar-refractivity contribution in [3.63, 3.8) is 0 Å². The number of guanidine groups is 1. The van der Waals surface area contributed by atoms with Crippen molar-refractivity contribution in [1.82, 2.24) is 25.0 Å². The molecule has 0 saturated carbocycles. The summed E-state index contributed by atoms with van der Waals surface area (Å²) in [6, 6.07) is 3.75. The van der Waals surface area contributed by atoms with E-state index in [0.29, 0.717) is 19.7 Å². The summed E-state index contributed by atoms with van der Waals surface area (Å²) in [4.78, 5) is 27.4. The SMILES string of the molecule is CN=C(NCCOc1cccnc1)N1CCN(CC(=O)N2CCCCC2)CC1.I. The zero-order valence-electron chi connectivity index (χ0n) is 17.3. The van der Waals surface area contributed by atoms with Gasteiger partial charge in [0.25, 0.3) is 0 Å². The number of nitrogens with zero attached hydrogens (tertiary/aromatic N) is 5. The number of amides is 1. The number of aromatic nitrogens is 1. The van der Waals surface area contributed by atoms with E-state index < -0.39 is 0 Å². The lowest BCUT2D eigenvalue weighted by Crippen LogP contribution is -2.54. The third kappa shape index (κ3) is 7.61. The monoisotopic (exact) mass is 516 g/mol. The first kappa shape index (κ1) is 23.7. The first-order valence-electron chi connectivity index (χ1n) is 10.2. The molecule has 8 nitrogen and oxygen atoms in total. The van der Waals surface area contributed by atoms with Crippen LogP contribution in [0.15, 0.2) is 29.5 Å². The maximum atomic E-state index is 12.4. The van der Waals surface area contributed by atoms with Gasteiger partial charge in [0.1, 0.15) is 12.4 Å². The van der Waals surface area contributed by atoms with Gasteiger partial charge in [0, 0.05) is 52.5 Å². The van der Waals surface area contributed by atoms with E-state index in [1.165, 1.54) is 6.42 Å². The fraction of sp³-hybridized carbons (Fsp3) is 0.650. The molecule has 2 aliphatic rings. The Balaban J connectivity index is 0.00000300. The minimum absolute atomic E-state index is 0. The number of pyridine rings is 1. The number of piperazine rings is 1. The van der Waals surface area contributed by atoms with Crippen LogP contribution >= 0.6 is 24.0 Å². The molecule has 162 valence electrons. The number of hydrogen-bond donors (Lipinski definition) is 1. The summed E-state index contributed by atoms with van der Waals surface area (Å²) in [6.45, 7) is 7.13. The van der Waals surface area contributed by atoms with Crippen molar-refractivity contribution in [3.05, 3.63) is 24.5 Å². The smallest absolute Gasteiger partial charge is 0.236 e. The van der Waals surface area contributed by atoms with E-state index >= 15 is 0 Å². The van der Waals surface area contributed by atoms with Crippen molar-refractivity contribution in [3.8, 4) is 5.75 Å². The van der Waals surface area contributed by atoms with Gasteiger partial charge >= 0.3 is 0 Å². The number of carbonyl (C=O) groups is 1. The van der Waals surface area contributed by atoms with Crippen molar-refractivity contribution < 1.29 is 9.53 Å². The van der Waals surface area contributed by atoms with E-state index in [1.54, 1.807) is 19.4 Å². The highest BCUT2D eigenvalue weighted by Crippen LogP contribution is 2.10. The van der Waals surface area contributed by atoms with Crippen LogP contribution in [0.25, 0.3) is 0 Å². The number of nitrogens with one attached hydrogen (secondary N) is 1. The molecule has 3 heterocycles. The van der Waals surface area contributed by atoms with Crippen LogP contribution < -0.4 is 10.1 Å². The summed E-state index contributed by atoms with van der Waals surface area (Å²) >= 11 is 0. The summed E-state index contributed by atoms with van der Waals surface area (Å²) in [6.07, 6.45) is 6.98. The third-order valence-electron chi connectivity index (χ3n) is 5.24. The molecule has 29 heavy (non-hydrogen) atoms. The Kier molecular flexibility index (Phi) is 10.5. The summed E-state index contributed by atoms with van der Waals surface area (Å²) < 4.78 is 5.66. The fourth-order valence-electron chi connectivity index (χ4n) is 3.65. The molecule has 1 aromatic rings. The van der Waals surface area contributed by atoms with Gasteiger partial charge in [0.15, 0.2) is 5.96 Å². The van der Waals surface area contributed by atoms with Crippen LogP contribution in [0.2, 0.25) is 0 Å². The normalized spacial score (nSPS) is 18.2. The van der Waals surface area contributed by atoms with E-state index in [9.17, 15) is 4.79 Å². The molecule has 2 fully saturated rings. The third-order valence-corrected chi connectivity index (χ3v) is 5.24. The predicted octanol–water partition coefficient (Wildman–Crippen LogP) is 1.28. The van der Waals surface area contributed by atoms with Gasteiger partial charge in [-0.1, -0.05) is 0 Å². The summed E-state index contributed by atoms with van der Waals surface area (Å²) in [7, 11) is 1.80. The molecule has 9 heteroatoms. The van der Waals surface area contributed by atoms with Gasteiger partial charge in [-0.05, 0) is 31.4 Å². The average molecular weight is 516 g/mol. The maximum absolute atomic E-state index is 12.4. The van der Waals surface area contributed by atoms with Crippen LogP contribution in [0, 0.1) is 0 Å². The molecule has 0 atom stereocenters. The molecule has 2 saturated heterocycles. The van der Waals surface area contributed by atoms with Gasteiger partial charge in [0.2, 0.25) is 5.91 Å². The minimum atomic E-state index is 0. The lowest BCUT2D eigenvalue weighted by Gasteiger charge is -2.37. The second kappa shape index (κ2) is 12.8. The van der Waals surface area contributed by atoms with Gasteiger partial charge in [-0.15, -0.1) is 24.0 Å². The van der Waals surface area contributed by atoms with Gasteiger partial charge in [-0.25, -0.2) is 0 Å². The van der Waals surface area contributed by atoms with Crippen LogP contribution in [-0.2, 0) is 4.79 Å². The van der Waals surface area contributed by atoms with Crippen LogP contribution in [0.5, 0.6) is 5.75 Å². The van der Waals surface area contributed by atoms with E-state index in [0.717, 1.165) is 63.8 Å². The molecule has 2 aliphatic heterocycles. The highest BCUT2D eigenvalue weighted by atomic mass is 127. The van der Waals surface area contributed by atoms with Gasteiger partial charge < -0.3 is 19.9 Å². The van der Waals surface area contributed by atoms with E-state index in [4.69, 9.17) is 4.74 Å². The molecule has 1 N–H and O–H groups in total. The Bertz CT molecular complexity index is 631. The van der Waals surface area contributed by atoms with Gasteiger partial charge in [-0.2, -0.15) is 0 Å². The molecule has 0 spiro atoms. The Morgan fingerprint density at radius 2 is 1.90 bits per heavy atom. The second-order valence-corrected chi connectivity index (χ2v) is 7.22. The molecule has 0 bridgehead atoms. The van der Waals surface area contributed by atoms with Crippen molar-refractivity contribution >= 4 is 35.8 Å². The van der Waals surface area contributed by atoms with E-state index in [-0.39, 0.29) is 29.9 Å². The summed E-state index contributed by atoms with van der Waals surface area (Å²) in [5.74, 6) is 1.94. The number of likely N-dealkylation sites (tertiary alicyclic amines) is 1. The first-order chi connectivity index (χ1) is 13.8. The lowest BCUT2D eigenvalue weighted by molar-refractivity contribution is -0.133. The number of aliphatic imine (C=N–C) groups is 1. The molecule has 1 aromatic heterocycles. The molecule has 1 amide bonds. The molecular formula is C20H33IN6O2. The number of rotatable bonds is 6. The zero-order valence-corrected chi connectivity index (χ0v) is 19.6. The number of halogens is 1. The molecule has 0 aliphatic carbocycles. The van der Waals surface area contributed by atoms with Crippen molar-refractivity contribution in [1.29, 1.82) is 0 Å². The molecule has 0 radical (unpaired) electrons. The zero-order chi connectivity index (χ0) is 19.6. The molecule has 0 unspecified atom stereocenters. The van der Waals surface area contributed by atoms with Crippen molar-refractivity contribution in [2.75, 3.05) is 66.0 Å². The largest absolute Gasteiger partial charge is 0.490 e. The van der Waals surface area contributed by atoms with Crippen molar-refractivity contribution in [2.45, 2.75) is 19.3 Å². The number of hydrogen-bond acceptors (Lipinski definition) is 5. The second-order valence-electron chi connectivity index (χ2n) is 7.22. The average Bonchev–Trinajstić information content (AvgIpc) is 2.76. The Morgan fingerprint density at radius 1 is 1.14 bits per heavy atom. The quantitative estimate of drug-likeness (QED) is 0.266. The number of carbonyl (C=O) groups excluding carboxylic acids is 1. The minimum Gasteiger partial charge on any atom is -0.490 e. The number of piperidine rings is 1. The summed E-state index contributed by atoms with van der Waals surface area (Å²) in [5, 5.41) is 3.35. The number of ether oxygens (including phenoxy) is 1. The van der Waals surface area contributed by atoms with Crippen LogP contribution in [0.4, 0.5) is 0 Å². The predicted molar refractivity (Wildman–Crippen MR) is 125 cm³/mol. The van der Waals surface area contributed by atoms with Crippen molar-refractivity contribution in [2.24, 2.45) is 4.99 Å². The van der Waals surface area contributed by atoms with E-state index in [2.05, 4.69) is 25.1 Å².